The lowest BCUT2D eigenvalue weighted by Crippen LogP contribution is -2.55. The number of aliphatic carboxylic acids is 2. The van der Waals surface area contributed by atoms with Crippen molar-refractivity contribution >= 4 is 40.7 Å². The van der Waals surface area contributed by atoms with Crippen LogP contribution in [-0.4, -0.2) is 87.7 Å². The Kier molecular flexibility index (Phi) is 7.58. The van der Waals surface area contributed by atoms with Crippen LogP contribution in [0.3, 0.4) is 0 Å². The smallest absolute Gasteiger partial charge is 0.348 e. The van der Waals surface area contributed by atoms with E-state index in [4.69, 9.17) is 21.6 Å². The molecular formula is C24H25N5O8S. The Hall–Kier alpha value is -3.74. The summed E-state index contributed by atoms with van der Waals surface area (Å²) in [6.07, 6.45) is 1.67. The van der Waals surface area contributed by atoms with Crippen LogP contribution in [0.2, 0.25) is 0 Å². The van der Waals surface area contributed by atoms with Gasteiger partial charge < -0.3 is 35.6 Å². The number of nitrogens with zero attached hydrogens (tertiary/aromatic N) is 4. The van der Waals surface area contributed by atoms with Gasteiger partial charge in [0.25, 0.3) is 5.60 Å². The van der Waals surface area contributed by atoms with Gasteiger partial charge >= 0.3 is 11.9 Å². The molecule has 1 fully saturated rings. The highest BCUT2D eigenvalue weighted by Gasteiger charge is 2.57. The highest BCUT2D eigenvalue weighted by molar-refractivity contribution is 7.99. The molecule has 0 aliphatic carbocycles. The third kappa shape index (κ3) is 4.66. The molecule has 1 saturated heterocycles. The van der Waals surface area contributed by atoms with Crippen molar-refractivity contribution in [1.82, 2.24) is 19.5 Å². The Morgan fingerprint density at radius 1 is 1.29 bits per heavy atom. The normalized spacial score (nSPS) is 23.4. The number of rotatable bonds is 10. The van der Waals surface area contributed by atoms with Crippen LogP contribution in [0.4, 0.5) is 5.82 Å². The summed E-state index contributed by atoms with van der Waals surface area (Å²) >= 11 is 1.32. The summed E-state index contributed by atoms with van der Waals surface area (Å²) in [6.45, 7) is 1.12. The molecule has 0 saturated carbocycles. The van der Waals surface area contributed by atoms with E-state index in [1.165, 1.54) is 22.7 Å². The molecule has 3 aromatic rings. The predicted octanol–water partition coefficient (Wildman–Crippen LogP) is 0.310. The average Bonchev–Trinajstić information content (AvgIpc) is 3.41. The molecule has 0 bridgehead atoms. The maximum atomic E-state index is 12.1. The highest BCUT2D eigenvalue weighted by atomic mass is 32.2. The topological polar surface area (TPSA) is 203 Å². The fourth-order valence-electron chi connectivity index (χ4n) is 4.13. The minimum absolute atomic E-state index is 0.0953. The van der Waals surface area contributed by atoms with Crippen LogP contribution in [0.15, 0.2) is 41.8 Å². The number of nitrogens with two attached hydrogens (primary N) is 1. The van der Waals surface area contributed by atoms with E-state index in [0.29, 0.717) is 16.5 Å². The number of hydrogen-bond donors (Lipinski definition) is 5. The zero-order valence-corrected chi connectivity index (χ0v) is 20.9. The van der Waals surface area contributed by atoms with Gasteiger partial charge in [0.2, 0.25) is 0 Å². The summed E-state index contributed by atoms with van der Waals surface area (Å²) in [7, 11) is 0. The lowest BCUT2D eigenvalue weighted by Gasteiger charge is -2.30. The monoisotopic (exact) mass is 543 g/mol. The summed E-state index contributed by atoms with van der Waals surface area (Å²) < 4.78 is 12.6. The largest absolute Gasteiger partial charge is 0.479 e. The van der Waals surface area contributed by atoms with Gasteiger partial charge in [-0.15, -0.1) is 6.42 Å². The molecule has 1 aromatic carbocycles. The summed E-state index contributed by atoms with van der Waals surface area (Å²) in [5.74, 6) is -0.688. The molecule has 2 aromatic heterocycles. The number of benzene rings is 1. The van der Waals surface area contributed by atoms with Crippen LogP contribution >= 0.6 is 11.8 Å². The van der Waals surface area contributed by atoms with Gasteiger partial charge in [-0.25, -0.2) is 24.5 Å². The van der Waals surface area contributed by atoms with Crippen molar-refractivity contribution in [3.05, 3.63) is 42.2 Å². The molecule has 4 rings (SSSR count). The van der Waals surface area contributed by atoms with E-state index in [2.05, 4.69) is 20.9 Å². The lowest BCUT2D eigenvalue weighted by molar-refractivity contribution is -0.191. The van der Waals surface area contributed by atoms with Crippen molar-refractivity contribution in [2.45, 2.75) is 48.1 Å². The number of aliphatic hydroxyl groups excluding tert-OH is 1. The van der Waals surface area contributed by atoms with Crippen LogP contribution < -0.4 is 5.73 Å². The first-order chi connectivity index (χ1) is 18.1. The summed E-state index contributed by atoms with van der Waals surface area (Å²) in [6, 6.07) is 8.04. The predicted molar refractivity (Wildman–Crippen MR) is 134 cm³/mol. The standard InChI is InChI=1S/C24H25N5O8S/c1-3-23(35)14(11-36-24(20(31)32,21(33)34)10-13-8-6-5-7-9-13)37-19(16(23)30)29-12-26-15-17(25)27-22(38-4-2)28-18(15)29/h1,5-9,12,14,16,19,30,35H,4,10-11H2,2H3,(H,31,32)(H,33,34)(H2,25,27,28)/t14-,16+,19-,23-/m1/s1. The number of carboxylic acids is 2. The van der Waals surface area contributed by atoms with Gasteiger partial charge in [0.1, 0.15) is 17.7 Å². The maximum absolute atomic E-state index is 12.1. The van der Waals surface area contributed by atoms with Crippen molar-refractivity contribution in [2.75, 3.05) is 18.1 Å². The van der Waals surface area contributed by atoms with Crippen LogP contribution in [0.5, 0.6) is 0 Å². The number of terminal acetylenes is 1. The fourth-order valence-corrected chi connectivity index (χ4v) is 4.70. The number of aromatic nitrogens is 4. The second-order valence-electron chi connectivity index (χ2n) is 8.49. The molecule has 6 N–H and O–H groups in total. The van der Waals surface area contributed by atoms with Crippen molar-refractivity contribution in [3.63, 3.8) is 0 Å². The number of carbonyl (C=O) groups is 2. The Morgan fingerprint density at radius 2 is 1.97 bits per heavy atom. The number of anilines is 1. The Labute approximate surface area is 220 Å². The van der Waals surface area contributed by atoms with Gasteiger partial charge in [-0.3, -0.25) is 4.57 Å². The number of fused-ring (bicyclic) bond motifs is 1. The summed E-state index contributed by atoms with van der Waals surface area (Å²) in [5, 5.41) is 42.2. The Bertz CT molecular complexity index is 1380. The number of ether oxygens (including phenoxy) is 2. The highest BCUT2D eigenvalue weighted by Crippen LogP contribution is 2.39. The Balaban J connectivity index is 1.66. The SMILES string of the molecule is C#C[C@@]1(O)[C@@H](COC(Cc2ccccc2)(C(=O)O)C(=O)O)O[C@@H](n2cnc3c(N)nc(SCC)nc32)[C@@H]1O. The molecule has 38 heavy (non-hydrogen) atoms. The first-order valence-electron chi connectivity index (χ1n) is 11.4. The van der Waals surface area contributed by atoms with Crippen molar-refractivity contribution in [3.8, 4) is 12.3 Å². The summed E-state index contributed by atoms with van der Waals surface area (Å²) in [4.78, 5) is 37.0. The van der Waals surface area contributed by atoms with Crippen molar-refractivity contribution in [2.24, 2.45) is 0 Å². The van der Waals surface area contributed by atoms with Gasteiger partial charge in [0.15, 0.2) is 28.5 Å². The van der Waals surface area contributed by atoms with E-state index in [1.807, 2.05) is 6.92 Å². The van der Waals surface area contributed by atoms with Gasteiger partial charge in [-0.05, 0) is 11.3 Å². The third-order valence-electron chi connectivity index (χ3n) is 6.19. The van der Waals surface area contributed by atoms with E-state index in [0.717, 1.165) is 0 Å². The molecule has 200 valence electrons. The van der Waals surface area contributed by atoms with E-state index < -0.39 is 54.6 Å². The summed E-state index contributed by atoms with van der Waals surface area (Å²) in [5.41, 5.74) is 1.71. The molecular weight excluding hydrogens is 518 g/mol. The molecule has 4 atom stereocenters. The van der Waals surface area contributed by atoms with E-state index in [9.17, 15) is 30.0 Å². The van der Waals surface area contributed by atoms with Crippen LogP contribution in [0.1, 0.15) is 18.7 Å². The van der Waals surface area contributed by atoms with Gasteiger partial charge in [0.05, 0.1) is 12.9 Å². The minimum Gasteiger partial charge on any atom is -0.479 e. The lowest BCUT2D eigenvalue weighted by atomic mass is 9.92. The molecule has 0 unspecified atom stereocenters. The minimum atomic E-state index is -2.72. The third-order valence-corrected chi connectivity index (χ3v) is 6.92. The second kappa shape index (κ2) is 10.6. The number of nitrogen functional groups attached to an aromatic ring is 1. The zero-order chi connectivity index (χ0) is 27.7. The van der Waals surface area contributed by atoms with Gasteiger partial charge in [-0.2, -0.15) is 0 Å². The average molecular weight is 544 g/mol. The maximum Gasteiger partial charge on any atom is 0.348 e. The number of aliphatic hydroxyl groups is 2. The van der Waals surface area contributed by atoms with Crippen LogP contribution in [-0.2, 0) is 25.5 Å². The second-order valence-corrected chi connectivity index (χ2v) is 9.72. The molecule has 3 heterocycles. The molecule has 1 aliphatic heterocycles. The quantitative estimate of drug-likeness (QED) is 0.101. The molecule has 0 spiro atoms. The number of imidazole rings is 1. The van der Waals surface area contributed by atoms with Crippen LogP contribution in [0, 0.1) is 12.3 Å². The molecule has 14 heteroatoms. The zero-order valence-electron chi connectivity index (χ0n) is 20.1. The van der Waals surface area contributed by atoms with E-state index >= 15 is 0 Å². The van der Waals surface area contributed by atoms with E-state index in [1.54, 1.807) is 30.3 Å². The first-order valence-corrected chi connectivity index (χ1v) is 12.4. The van der Waals surface area contributed by atoms with E-state index in [-0.39, 0.29) is 17.0 Å². The molecule has 0 amide bonds. The number of thioether (sulfide) groups is 1. The van der Waals surface area contributed by atoms with Crippen molar-refractivity contribution in [1.29, 1.82) is 0 Å². The van der Waals surface area contributed by atoms with Crippen molar-refractivity contribution < 1.29 is 39.5 Å². The molecule has 1 aliphatic rings. The van der Waals surface area contributed by atoms with Crippen LogP contribution in [0.25, 0.3) is 11.2 Å². The van der Waals surface area contributed by atoms with Gasteiger partial charge in [0, 0.05) is 6.42 Å². The molecule has 13 nitrogen and oxygen atoms in total. The Morgan fingerprint density at radius 3 is 2.58 bits per heavy atom. The fraction of sp³-hybridized carbons (Fsp3) is 0.375. The molecule has 0 radical (unpaired) electrons. The number of carboxylic acid groups (broad SMARTS) is 2. The van der Waals surface area contributed by atoms with Gasteiger partial charge in [-0.1, -0.05) is 54.9 Å². The number of hydrogen-bond acceptors (Lipinski definition) is 11. The first kappa shape index (κ1) is 27.3.